The van der Waals surface area contributed by atoms with Gasteiger partial charge in [0.25, 0.3) is 5.91 Å². The summed E-state index contributed by atoms with van der Waals surface area (Å²) < 4.78 is 10.0. The van der Waals surface area contributed by atoms with Crippen molar-refractivity contribution in [1.29, 1.82) is 0 Å². The van der Waals surface area contributed by atoms with E-state index in [4.69, 9.17) is 4.42 Å². The Balaban J connectivity index is 2.47. The highest BCUT2D eigenvalue weighted by molar-refractivity contribution is 5.95. The third kappa shape index (κ3) is 4.43. The topological polar surface area (TPSA) is 68.5 Å². The Morgan fingerprint density at radius 1 is 1.42 bits per heavy atom. The van der Waals surface area contributed by atoms with Crippen molar-refractivity contribution >= 4 is 11.9 Å². The van der Waals surface area contributed by atoms with E-state index in [0.717, 1.165) is 5.76 Å². The van der Waals surface area contributed by atoms with Gasteiger partial charge in [-0.3, -0.25) is 9.59 Å². The number of methoxy groups -OCH3 is 1. The molecule has 0 aliphatic carbocycles. The molecule has 1 heterocycles. The number of carbonyl (C=O) groups excluding carboxylic acids is 2. The Kier molecular flexibility index (Phi) is 5.60. The summed E-state index contributed by atoms with van der Waals surface area (Å²) in [4.78, 5) is 22.8. The van der Waals surface area contributed by atoms with Crippen LogP contribution in [0.2, 0.25) is 0 Å². The number of rotatable bonds is 6. The number of esters is 1. The van der Waals surface area contributed by atoms with E-state index in [0.29, 0.717) is 30.7 Å². The average Bonchev–Trinajstić information content (AvgIpc) is 2.76. The van der Waals surface area contributed by atoms with Gasteiger partial charge in [0.15, 0.2) is 0 Å². The maximum absolute atomic E-state index is 11.9. The van der Waals surface area contributed by atoms with Crippen LogP contribution in [0, 0.1) is 6.92 Å². The molecule has 1 amide bonds. The van der Waals surface area contributed by atoms with Crippen molar-refractivity contribution < 1.29 is 18.7 Å². The number of hydrogen-bond acceptors (Lipinski definition) is 4. The van der Waals surface area contributed by atoms with Gasteiger partial charge in [0.05, 0.1) is 12.7 Å². The Morgan fingerprint density at radius 2 is 2.11 bits per heavy atom. The predicted octanol–water partition coefficient (Wildman–Crippen LogP) is 2.39. The molecule has 5 heteroatoms. The normalized spacial score (nSPS) is 10.6. The predicted molar refractivity (Wildman–Crippen MR) is 71.1 cm³/mol. The molecule has 0 bridgehead atoms. The monoisotopic (exact) mass is 267 g/mol. The van der Waals surface area contributed by atoms with Gasteiger partial charge in [0.2, 0.25) is 0 Å². The minimum Gasteiger partial charge on any atom is -0.469 e. The third-order valence-electron chi connectivity index (χ3n) is 2.82. The van der Waals surface area contributed by atoms with Gasteiger partial charge in [0, 0.05) is 18.9 Å². The van der Waals surface area contributed by atoms with Crippen LogP contribution in [0.5, 0.6) is 0 Å². The van der Waals surface area contributed by atoms with Gasteiger partial charge in [-0.15, -0.1) is 0 Å². The molecule has 1 aromatic heterocycles. The minimum absolute atomic E-state index is 0.169. The lowest BCUT2D eigenvalue weighted by molar-refractivity contribution is -0.140. The number of furan rings is 1. The Labute approximate surface area is 113 Å². The van der Waals surface area contributed by atoms with Crippen LogP contribution in [-0.4, -0.2) is 25.5 Å². The first kappa shape index (κ1) is 15.3. The summed E-state index contributed by atoms with van der Waals surface area (Å²) in [5.74, 6) is 1.24. The second kappa shape index (κ2) is 6.97. The van der Waals surface area contributed by atoms with Gasteiger partial charge in [-0.05, 0) is 19.4 Å². The Morgan fingerprint density at radius 3 is 2.63 bits per heavy atom. The zero-order valence-electron chi connectivity index (χ0n) is 11.9. The Hall–Kier alpha value is -1.78. The van der Waals surface area contributed by atoms with Gasteiger partial charge in [-0.2, -0.15) is 0 Å². The molecule has 106 valence electrons. The molecular weight excluding hydrogens is 246 g/mol. The summed E-state index contributed by atoms with van der Waals surface area (Å²) in [6.45, 7) is 6.23. The van der Waals surface area contributed by atoms with E-state index in [1.54, 1.807) is 13.0 Å². The van der Waals surface area contributed by atoms with Crippen LogP contribution < -0.4 is 5.32 Å². The molecule has 1 N–H and O–H groups in total. The van der Waals surface area contributed by atoms with Crippen LogP contribution in [0.25, 0.3) is 0 Å². The first-order valence-electron chi connectivity index (χ1n) is 6.41. The summed E-state index contributed by atoms with van der Waals surface area (Å²) in [5.41, 5.74) is 0.557. The number of aryl methyl sites for hydroxylation is 1. The van der Waals surface area contributed by atoms with Gasteiger partial charge in [0.1, 0.15) is 11.5 Å². The molecule has 0 saturated heterocycles. The van der Waals surface area contributed by atoms with Gasteiger partial charge in [-0.1, -0.05) is 13.8 Å². The number of carbonyl (C=O) groups is 2. The van der Waals surface area contributed by atoms with Crippen molar-refractivity contribution in [2.75, 3.05) is 13.7 Å². The fraction of sp³-hybridized carbons (Fsp3) is 0.571. The molecule has 0 spiro atoms. The molecule has 0 aliphatic rings. The largest absolute Gasteiger partial charge is 0.469 e. The van der Waals surface area contributed by atoms with Crippen LogP contribution in [0.3, 0.4) is 0 Å². The summed E-state index contributed by atoms with van der Waals surface area (Å²) in [6.07, 6.45) is 0.866. The lowest BCUT2D eigenvalue weighted by Crippen LogP contribution is -2.25. The zero-order chi connectivity index (χ0) is 14.4. The third-order valence-corrected chi connectivity index (χ3v) is 2.82. The molecule has 0 unspecified atom stereocenters. The molecule has 0 atom stereocenters. The van der Waals surface area contributed by atoms with Crippen LogP contribution in [0.15, 0.2) is 10.5 Å². The number of ether oxygens (including phenoxy) is 1. The van der Waals surface area contributed by atoms with Crippen LogP contribution in [0.4, 0.5) is 0 Å². The SMILES string of the molecule is COC(=O)CCCNC(=O)c1cc(C(C)C)oc1C. The van der Waals surface area contributed by atoms with Crippen LogP contribution in [-0.2, 0) is 9.53 Å². The van der Waals surface area contributed by atoms with E-state index in [9.17, 15) is 9.59 Å². The minimum atomic E-state index is -0.268. The number of nitrogens with one attached hydrogen (secondary N) is 1. The highest BCUT2D eigenvalue weighted by Gasteiger charge is 2.16. The first-order valence-corrected chi connectivity index (χ1v) is 6.41. The quantitative estimate of drug-likeness (QED) is 0.634. The fourth-order valence-corrected chi connectivity index (χ4v) is 1.65. The summed E-state index contributed by atoms with van der Waals surface area (Å²) in [7, 11) is 1.35. The summed E-state index contributed by atoms with van der Waals surface area (Å²) in [6, 6.07) is 1.77. The second-order valence-electron chi connectivity index (χ2n) is 4.71. The van der Waals surface area contributed by atoms with Crippen molar-refractivity contribution in [2.24, 2.45) is 0 Å². The maximum Gasteiger partial charge on any atom is 0.305 e. The lowest BCUT2D eigenvalue weighted by Gasteiger charge is -2.03. The molecule has 0 fully saturated rings. The molecule has 5 nitrogen and oxygen atoms in total. The van der Waals surface area contributed by atoms with Gasteiger partial charge < -0.3 is 14.5 Å². The molecule has 0 radical (unpaired) electrons. The molecule has 0 aromatic carbocycles. The van der Waals surface area contributed by atoms with E-state index in [-0.39, 0.29) is 17.8 Å². The van der Waals surface area contributed by atoms with E-state index in [2.05, 4.69) is 10.1 Å². The number of amides is 1. The standard InChI is InChI=1S/C14H21NO4/c1-9(2)12-8-11(10(3)19-12)14(17)15-7-5-6-13(16)18-4/h8-9H,5-7H2,1-4H3,(H,15,17). The van der Waals surface area contributed by atoms with Crippen molar-refractivity contribution in [3.05, 3.63) is 23.2 Å². The van der Waals surface area contributed by atoms with Crippen molar-refractivity contribution in [1.82, 2.24) is 5.32 Å². The molecule has 1 rings (SSSR count). The highest BCUT2D eigenvalue weighted by atomic mass is 16.5. The smallest absolute Gasteiger partial charge is 0.305 e. The van der Waals surface area contributed by atoms with E-state index in [1.807, 2.05) is 13.8 Å². The fourth-order valence-electron chi connectivity index (χ4n) is 1.65. The second-order valence-corrected chi connectivity index (χ2v) is 4.71. The van der Waals surface area contributed by atoms with Gasteiger partial charge in [-0.25, -0.2) is 0 Å². The van der Waals surface area contributed by atoms with Crippen LogP contribution in [0.1, 0.15) is 54.5 Å². The zero-order valence-corrected chi connectivity index (χ0v) is 11.9. The van der Waals surface area contributed by atoms with Crippen molar-refractivity contribution in [3.8, 4) is 0 Å². The van der Waals surface area contributed by atoms with Crippen molar-refractivity contribution in [3.63, 3.8) is 0 Å². The molecular formula is C14H21NO4. The maximum atomic E-state index is 11.9. The van der Waals surface area contributed by atoms with Crippen molar-refractivity contribution in [2.45, 2.75) is 39.5 Å². The molecule has 19 heavy (non-hydrogen) atoms. The summed E-state index contributed by atoms with van der Waals surface area (Å²) >= 11 is 0. The van der Waals surface area contributed by atoms with E-state index < -0.39 is 0 Å². The summed E-state index contributed by atoms with van der Waals surface area (Å²) in [5, 5.41) is 2.76. The Bertz CT molecular complexity index is 448. The molecule has 1 aromatic rings. The van der Waals surface area contributed by atoms with Crippen LogP contribution >= 0.6 is 0 Å². The van der Waals surface area contributed by atoms with E-state index >= 15 is 0 Å². The molecule has 0 aliphatic heterocycles. The first-order chi connectivity index (χ1) is 8.95. The van der Waals surface area contributed by atoms with E-state index in [1.165, 1.54) is 7.11 Å². The highest BCUT2D eigenvalue weighted by Crippen LogP contribution is 2.21. The average molecular weight is 267 g/mol. The molecule has 0 saturated carbocycles. The van der Waals surface area contributed by atoms with Gasteiger partial charge >= 0.3 is 5.97 Å². The lowest BCUT2D eigenvalue weighted by atomic mass is 10.1. The number of hydrogen-bond donors (Lipinski definition) is 1.